The molecule has 0 radical (unpaired) electrons. The Kier molecular flexibility index (Phi) is 4.86. The minimum absolute atomic E-state index is 0.0265. The topological polar surface area (TPSA) is 41.6 Å². The molecule has 3 aromatic rings. The summed E-state index contributed by atoms with van der Waals surface area (Å²) in [7, 11) is 0. The monoisotopic (exact) mass is 422 g/mol. The summed E-state index contributed by atoms with van der Waals surface area (Å²) in [5.41, 5.74) is 3.34. The standard InChI is InChI=1S/C22H19BrN2O2/c1-2-27-18-13-11-17(12-14-18)25-21(15-7-9-16(23)10-8-15)24-20-6-4-3-5-19(20)22(25)26/h3-14,21,24H,2H2,1H3. The predicted octanol–water partition coefficient (Wildman–Crippen LogP) is 5.62. The molecule has 1 heterocycles. The lowest BCUT2D eigenvalue weighted by molar-refractivity contribution is 0.0975. The number of nitrogens with one attached hydrogen (secondary N) is 1. The van der Waals surface area contributed by atoms with Gasteiger partial charge in [-0.1, -0.05) is 40.2 Å². The van der Waals surface area contributed by atoms with Gasteiger partial charge >= 0.3 is 0 Å². The van der Waals surface area contributed by atoms with Gasteiger partial charge in [-0.05, 0) is 61.0 Å². The lowest BCUT2D eigenvalue weighted by Crippen LogP contribution is -2.43. The van der Waals surface area contributed by atoms with Gasteiger partial charge in [0.05, 0.1) is 12.2 Å². The van der Waals surface area contributed by atoms with Crippen LogP contribution in [0.4, 0.5) is 11.4 Å². The largest absolute Gasteiger partial charge is 0.494 e. The van der Waals surface area contributed by atoms with Gasteiger partial charge in [0.15, 0.2) is 0 Å². The number of carbonyl (C=O) groups excluding carboxylic acids is 1. The van der Waals surface area contributed by atoms with E-state index in [2.05, 4.69) is 21.2 Å². The summed E-state index contributed by atoms with van der Waals surface area (Å²) in [6.07, 6.45) is -0.293. The van der Waals surface area contributed by atoms with Crippen LogP contribution < -0.4 is 15.0 Å². The van der Waals surface area contributed by atoms with E-state index in [1.807, 2.05) is 79.7 Å². The number of hydrogen-bond acceptors (Lipinski definition) is 3. The van der Waals surface area contributed by atoms with Crippen LogP contribution in [-0.2, 0) is 0 Å². The average molecular weight is 423 g/mol. The van der Waals surface area contributed by atoms with Crippen molar-refractivity contribution >= 4 is 33.2 Å². The summed E-state index contributed by atoms with van der Waals surface area (Å²) in [5, 5.41) is 3.51. The number of rotatable bonds is 4. The van der Waals surface area contributed by atoms with Crippen molar-refractivity contribution in [2.24, 2.45) is 0 Å². The van der Waals surface area contributed by atoms with Gasteiger partial charge in [-0.15, -0.1) is 0 Å². The third-order valence-electron chi connectivity index (χ3n) is 4.54. The predicted molar refractivity (Wildman–Crippen MR) is 111 cm³/mol. The third-order valence-corrected chi connectivity index (χ3v) is 5.07. The molecule has 0 aromatic heterocycles. The Labute approximate surface area is 166 Å². The Morgan fingerprint density at radius 2 is 1.70 bits per heavy atom. The first kappa shape index (κ1) is 17.6. The molecule has 4 nitrogen and oxygen atoms in total. The first-order valence-corrected chi connectivity index (χ1v) is 9.64. The highest BCUT2D eigenvalue weighted by molar-refractivity contribution is 9.10. The second-order valence-electron chi connectivity index (χ2n) is 6.25. The van der Waals surface area contributed by atoms with Gasteiger partial charge in [0, 0.05) is 15.8 Å². The second kappa shape index (κ2) is 7.45. The van der Waals surface area contributed by atoms with E-state index >= 15 is 0 Å². The van der Waals surface area contributed by atoms with E-state index in [1.54, 1.807) is 4.90 Å². The minimum atomic E-state index is -0.293. The van der Waals surface area contributed by atoms with Crippen LogP contribution in [0.2, 0.25) is 0 Å². The summed E-state index contributed by atoms with van der Waals surface area (Å²) >= 11 is 3.47. The number of amides is 1. The molecule has 1 atom stereocenters. The summed E-state index contributed by atoms with van der Waals surface area (Å²) < 4.78 is 6.53. The molecule has 1 amide bonds. The maximum Gasteiger partial charge on any atom is 0.262 e. The van der Waals surface area contributed by atoms with Crippen LogP contribution in [0.1, 0.15) is 29.0 Å². The Hall–Kier alpha value is -2.79. The number of ether oxygens (including phenoxy) is 1. The molecule has 1 aliphatic rings. The van der Waals surface area contributed by atoms with Crippen LogP contribution in [0.5, 0.6) is 5.75 Å². The van der Waals surface area contributed by atoms with Gasteiger partial charge in [0.1, 0.15) is 11.9 Å². The molecule has 0 bridgehead atoms. The third kappa shape index (κ3) is 3.43. The van der Waals surface area contributed by atoms with Crippen molar-refractivity contribution in [3.63, 3.8) is 0 Å². The van der Waals surface area contributed by atoms with E-state index < -0.39 is 0 Å². The molecule has 27 heavy (non-hydrogen) atoms. The molecule has 0 saturated carbocycles. The van der Waals surface area contributed by atoms with Gasteiger partial charge in [0.2, 0.25) is 0 Å². The number of nitrogens with zero attached hydrogens (tertiary/aromatic N) is 1. The van der Waals surface area contributed by atoms with E-state index in [0.717, 1.165) is 27.2 Å². The number of carbonyl (C=O) groups is 1. The molecule has 5 heteroatoms. The van der Waals surface area contributed by atoms with Gasteiger partial charge < -0.3 is 10.1 Å². The van der Waals surface area contributed by atoms with E-state index in [0.29, 0.717) is 12.2 Å². The summed E-state index contributed by atoms with van der Waals surface area (Å²) in [6, 6.07) is 23.2. The normalized spacial score (nSPS) is 15.9. The Balaban J connectivity index is 1.79. The van der Waals surface area contributed by atoms with Gasteiger partial charge in [-0.25, -0.2) is 0 Å². The quantitative estimate of drug-likeness (QED) is 0.593. The zero-order chi connectivity index (χ0) is 18.8. The van der Waals surface area contributed by atoms with E-state index in [9.17, 15) is 4.79 Å². The van der Waals surface area contributed by atoms with Gasteiger partial charge in [0.25, 0.3) is 5.91 Å². The SMILES string of the molecule is CCOc1ccc(N2C(=O)c3ccccc3NC2c2ccc(Br)cc2)cc1. The first-order valence-electron chi connectivity index (χ1n) is 8.85. The lowest BCUT2D eigenvalue weighted by atomic mass is 10.0. The molecule has 1 N–H and O–H groups in total. The number of fused-ring (bicyclic) bond motifs is 1. The highest BCUT2D eigenvalue weighted by atomic mass is 79.9. The van der Waals surface area contributed by atoms with Crippen molar-refractivity contribution in [1.82, 2.24) is 0 Å². The minimum Gasteiger partial charge on any atom is -0.494 e. The highest BCUT2D eigenvalue weighted by Gasteiger charge is 2.33. The van der Waals surface area contributed by atoms with Crippen molar-refractivity contribution in [3.05, 3.63) is 88.4 Å². The van der Waals surface area contributed by atoms with E-state index in [1.165, 1.54) is 0 Å². The zero-order valence-electron chi connectivity index (χ0n) is 14.9. The molecule has 136 valence electrons. The van der Waals surface area contributed by atoms with E-state index in [-0.39, 0.29) is 12.1 Å². The molecule has 0 spiro atoms. The summed E-state index contributed by atoms with van der Waals surface area (Å²) in [4.78, 5) is 15.1. The van der Waals surface area contributed by atoms with Crippen molar-refractivity contribution in [3.8, 4) is 5.75 Å². The molecular weight excluding hydrogens is 404 g/mol. The van der Waals surface area contributed by atoms with Gasteiger partial charge in [-0.3, -0.25) is 9.69 Å². The van der Waals surface area contributed by atoms with Crippen LogP contribution in [0.25, 0.3) is 0 Å². The maximum atomic E-state index is 13.3. The maximum absolute atomic E-state index is 13.3. The summed E-state index contributed by atoms with van der Waals surface area (Å²) in [6.45, 7) is 2.56. The van der Waals surface area contributed by atoms with Gasteiger partial charge in [-0.2, -0.15) is 0 Å². The smallest absolute Gasteiger partial charge is 0.262 e. The number of benzene rings is 3. The zero-order valence-corrected chi connectivity index (χ0v) is 16.4. The fourth-order valence-electron chi connectivity index (χ4n) is 3.27. The van der Waals surface area contributed by atoms with Crippen LogP contribution >= 0.6 is 15.9 Å². The first-order chi connectivity index (χ1) is 13.2. The van der Waals surface area contributed by atoms with Crippen LogP contribution in [-0.4, -0.2) is 12.5 Å². The fraction of sp³-hybridized carbons (Fsp3) is 0.136. The Morgan fingerprint density at radius 3 is 2.41 bits per heavy atom. The molecule has 0 aliphatic carbocycles. The van der Waals surface area contributed by atoms with Crippen molar-refractivity contribution in [1.29, 1.82) is 0 Å². The van der Waals surface area contributed by atoms with Crippen molar-refractivity contribution in [2.75, 3.05) is 16.8 Å². The van der Waals surface area contributed by atoms with Crippen molar-refractivity contribution in [2.45, 2.75) is 13.1 Å². The Bertz CT molecular complexity index is 955. The molecule has 3 aromatic carbocycles. The molecule has 0 saturated heterocycles. The second-order valence-corrected chi connectivity index (χ2v) is 7.16. The fourth-order valence-corrected chi connectivity index (χ4v) is 3.53. The Morgan fingerprint density at radius 1 is 1.00 bits per heavy atom. The van der Waals surface area contributed by atoms with Crippen LogP contribution in [0, 0.1) is 0 Å². The van der Waals surface area contributed by atoms with E-state index in [4.69, 9.17) is 4.74 Å². The average Bonchev–Trinajstić information content (AvgIpc) is 2.70. The summed E-state index contributed by atoms with van der Waals surface area (Å²) in [5.74, 6) is 0.765. The number of hydrogen-bond donors (Lipinski definition) is 1. The molecule has 0 fully saturated rings. The van der Waals surface area contributed by atoms with Crippen LogP contribution in [0.15, 0.2) is 77.3 Å². The number of halogens is 1. The molecule has 1 unspecified atom stereocenters. The van der Waals surface area contributed by atoms with Crippen molar-refractivity contribution < 1.29 is 9.53 Å². The number of para-hydroxylation sites is 1. The van der Waals surface area contributed by atoms with Crippen LogP contribution in [0.3, 0.4) is 0 Å². The number of anilines is 2. The molecular formula is C22H19BrN2O2. The lowest BCUT2D eigenvalue weighted by Gasteiger charge is -2.38. The molecule has 1 aliphatic heterocycles. The molecule has 4 rings (SSSR count). The highest BCUT2D eigenvalue weighted by Crippen LogP contribution is 2.37.